The second-order valence-electron chi connectivity index (χ2n) is 6.23. The van der Waals surface area contributed by atoms with E-state index in [1.807, 2.05) is 26.8 Å². The van der Waals surface area contributed by atoms with Crippen molar-refractivity contribution in [2.75, 3.05) is 31.5 Å². The van der Waals surface area contributed by atoms with Gasteiger partial charge in [-0.15, -0.1) is 0 Å². The molecule has 0 bridgehead atoms. The van der Waals surface area contributed by atoms with Crippen LogP contribution in [0.1, 0.15) is 27.5 Å². The molecule has 2 aromatic heterocycles. The van der Waals surface area contributed by atoms with Crippen molar-refractivity contribution < 1.29 is 14.0 Å². The first-order valence-electron chi connectivity index (χ1n) is 8.29. The Morgan fingerprint density at radius 3 is 2.40 bits per heavy atom. The smallest absolute Gasteiger partial charge is 0.322 e. The van der Waals surface area contributed by atoms with Gasteiger partial charge in [-0.2, -0.15) is 0 Å². The number of carbonyl (C=O) groups excluding carboxylic acids is 2. The molecule has 25 heavy (non-hydrogen) atoms. The van der Waals surface area contributed by atoms with Crippen LogP contribution < -0.4 is 5.32 Å². The van der Waals surface area contributed by atoms with Crippen LogP contribution in [0.2, 0.25) is 0 Å². The van der Waals surface area contributed by atoms with E-state index in [4.69, 9.17) is 4.42 Å². The number of anilines is 1. The molecule has 132 valence electrons. The second-order valence-corrected chi connectivity index (χ2v) is 6.23. The lowest BCUT2D eigenvalue weighted by Crippen LogP contribution is -2.51. The van der Waals surface area contributed by atoms with Gasteiger partial charge in [0.1, 0.15) is 0 Å². The Morgan fingerprint density at radius 2 is 1.80 bits per heavy atom. The van der Waals surface area contributed by atoms with E-state index in [2.05, 4.69) is 10.3 Å². The van der Waals surface area contributed by atoms with Gasteiger partial charge in [0.2, 0.25) is 0 Å². The fraction of sp³-hybridized carbons (Fsp3) is 0.389. The largest absolute Gasteiger partial charge is 0.459 e. The normalized spacial score (nSPS) is 14.5. The van der Waals surface area contributed by atoms with E-state index in [1.165, 1.54) is 6.26 Å². The Bertz CT molecular complexity index is 755. The summed E-state index contributed by atoms with van der Waals surface area (Å²) in [5.74, 6) is 0.189. The van der Waals surface area contributed by atoms with Gasteiger partial charge in [-0.3, -0.25) is 9.78 Å². The van der Waals surface area contributed by atoms with Crippen LogP contribution in [0, 0.1) is 20.8 Å². The molecule has 1 fully saturated rings. The molecule has 0 atom stereocenters. The average Bonchev–Trinajstić information content (AvgIpc) is 3.12. The lowest BCUT2D eigenvalue weighted by molar-refractivity contribution is 0.0640. The van der Waals surface area contributed by atoms with Gasteiger partial charge in [0.05, 0.1) is 17.6 Å². The summed E-state index contributed by atoms with van der Waals surface area (Å²) in [7, 11) is 0. The summed E-state index contributed by atoms with van der Waals surface area (Å²) in [6.07, 6.45) is 1.48. The van der Waals surface area contributed by atoms with E-state index in [9.17, 15) is 9.59 Å². The highest BCUT2D eigenvalue weighted by Gasteiger charge is 2.26. The zero-order chi connectivity index (χ0) is 18.0. The van der Waals surface area contributed by atoms with Crippen LogP contribution in [0.25, 0.3) is 0 Å². The molecule has 1 saturated heterocycles. The van der Waals surface area contributed by atoms with Crippen molar-refractivity contribution in [1.29, 1.82) is 0 Å². The molecule has 3 rings (SSSR count). The van der Waals surface area contributed by atoms with Crippen molar-refractivity contribution in [3.63, 3.8) is 0 Å². The Morgan fingerprint density at radius 1 is 1.12 bits per heavy atom. The number of hydrogen-bond donors (Lipinski definition) is 1. The first-order chi connectivity index (χ1) is 12.0. The summed E-state index contributed by atoms with van der Waals surface area (Å²) in [4.78, 5) is 32.6. The lowest BCUT2D eigenvalue weighted by Gasteiger charge is -2.34. The van der Waals surface area contributed by atoms with Crippen molar-refractivity contribution in [2.24, 2.45) is 0 Å². The molecule has 1 aliphatic rings. The summed E-state index contributed by atoms with van der Waals surface area (Å²) < 4.78 is 5.15. The van der Waals surface area contributed by atoms with Gasteiger partial charge < -0.3 is 19.5 Å². The van der Waals surface area contributed by atoms with Crippen molar-refractivity contribution in [3.8, 4) is 0 Å². The number of rotatable bonds is 2. The van der Waals surface area contributed by atoms with E-state index in [0.717, 1.165) is 22.6 Å². The number of furan rings is 1. The van der Waals surface area contributed by atoms with Crippen molar-refractivity contribution in [1.82, 2.24) is 14.8 Å². The minimum Gasteiger partial charge on any atom is -0.459 e. The predicted octanol–water partition coefficient (Wildman–Crippen LogP) is 2.59. The number of aryl methyl sites for hydroxylation is 3. The molecule has 0 spiro atoms. The monoisotopic (exact) mass is 342 g/mol. The highest BCUT2D eigenvalue weighted by molar-refractivity contribution is 5.93. The van der Waals surface area contributed by atoms with Crippen molar-refractivity contribution >= 4 is 17.6 Å². The van der Waals surface area contributed by atoms with Gasteiger partial charge in [-0.05, 0) is 44.5 Å². The van der Waals surface area contributed by atoms with Crippen LogP contribution in [0.5, 0.6) is 0 Å². The van der Waals surface area contributed by atoms with Crippen LogP contribution in [-0.4, -0.2) is 52.9 Å². The SMILES string of the molecule is Cc1cc(C)c(NC(=O)N2CCN(C(=O)c3ccco3)CC2)c(C)n1. The highest BCUT2D eigenvalue weighted by Crippen LogP contribution is 2.20. The van der Waals surface area contributed by atoms with E-state index in [-0.39, 0.29) is 11.9 Å². The third kappa shape index (κ3) is 3.65. The number of nitrogens with zero attached hydrogens (tertiary/aromatic N) is 3. The maximum absolute atomic E-state index is 12.5. The number of carbonyl (C=O) groups is 2. The number of aromatic nitrogens is 1. The Kier molecular flexibility index (Phi) is 4.74. The molecule has 1 aliphatic heterocycles. The molecule has 0 saturated carbocycles. The molecule has 0 unspecified atom stereocenters. The number of amides is 3. The molecule has 0 radical (unpaired) electrons. The van der Waals surface area contributed by atoms with Crippen molar-refractivity contribution in [3.05, 3.63) is 47.2 Å². The van der Waals surface area contributed by atoms with Crippen LogP contribution in [0.3, 0.4) is 0 Å². The fourth-order valence-corrected chi connectivity index (χ4v) is 3.07. The van der Waals surface area contributed by atoms with Crippen LogP contribution in [-0.2, 0) is 0 Å². The standard InChI is InChI=1S/C18H22N4O3/c1-12-11-13(2)19-14(3)16(12)20-18(24)22-8-6-21(7-9-22)17(23)15-5-4-10-25-15/h4-5,10-11H,6-9H2,1-3H3,(H,20,24). The van der Waals surface area contributed by atoms with Gasteiger partial charge in [0, 0.05) is 31.9 Å². The molecule has 3 amide bonds. The maximum atomic E-state index is 12.5. The zero-order valence-electron chi connectivity index (χ0n) is 14.7. The summed E-state index contributed by atoms with van der Waals surface area (Å²) in [5.41, 5.74) is 3.48. The molecule has 7 heteroatoms. The number of hydrogen-bond acceptors (Lipinski definition) is 4. The summed E-state index contributed by atoms with van der Waals surface area (Å²) in [6.45, 7) is 7.70. The molecule has 3 heterocycles. The molecule has 7 nitrogen and oxygen atoms in total. The topological polar surface area (TPSA) is 78.7 Å². The summed E-state index contributed by atoms with van der Waals surface area (Å²) >= 11 is 0. The summed E-state index contributed by atoms with van der Waals surface area (Å²) in [5, 5.41) is 2.95. The minimum absolute atomic E-state index is 0.139. The van der Waals surface area contributed by atoms with Gasteiger partial charge in [0.15, 0.2) is 5.76 Å². The van der Waals surface area contributed by atoms with Crippen LogP contribution >= 0.6 is 0 Å². The van der Waals surface area contributed by atoms with Gasteiger partial charge in [-0.1, -0.05) is 0 Å². The Balaban J connectivity index is 1.60. The van der Waals surface area contributed by atoms with Gasteiger partial charge in [0.25, 0.3) is 5.91 Å². The molecule has 0 aliphatic carbocycles. The quantitative estimate of drug-likeness (QED) is 0.910. The fourth-order valence-electron chi connectivity index (χ4n) is 3.07. The number of urea groups is 1. The number of pyridine rings is 1. The second kappa shape index (κ2) is 6.96. The minimum atomic E-state index is -0.165. The molecular formula is C18H22N4O3. The number of nitrogens with one attached hydrogen (secondary N) is 1. The molecular weight excluding hydrogens is 320 g/mol. The average molecular weight is 342 g/mol. The van der Waals surface area contributed by atoms with E-state index in [0.29, 0.717) is 31.9 Å². The molecule has 1 N–H and O–H groups in total. The van der Waals surface area contributed by atoms with Crippen LogP contribution in [0.15, 0.2) is 28.9 Å². The Hall–Kier alpha value is -2.83. The van der Waals surface area contributed by atoms with Gasteiger partial charge in [-0.25, -0.2) is 4.79 Å². The third-order valence-electron chi connectivity index (χ3n) is 4.34. The van der Waals surface area contributed by atoms with Crippen LogP contribution in [0.4, 0.5) is 10.5 Å². The van der Waals surface area contributed by atoms with E-state index in [1.54, 1.807) is 21.9 Å². The third-order valence-corrected chi connectivity index (χ3v) is 4.34. The zero-order valence-corrected chi connectivity index (χ0v) is 14.7. The van der Waals surface area contributed by atoms with E-state index >= 15 is 0 Å². The Labute approximate surface area is 146 Å². The van der Waals surface area contributed by atoms with Crippen molar-refractivity contribution in [2.45, 2.75) is 20.8 Å². The van der Waals surface area contributed by atoms with E-state index < -0.39 is 0 Å². The first kappa shape index (κ1) is 17.0. The summed E-state index contributed by atoms with van der Waals surface area (Å²) in [6, 6.07) is 5.12. The molecule has 0 aromatic carbocycles. The molecule has 2 aromatic rings. The number of piperazine rings is 1. The van der Waals surface area contributed by atoms with Gasteiger partial charge >= 0.3 is 6.03 Å². The highest BCUT2D eigenvalue weighted by atomic mass is 16.3. The lowest BCUT2D eigenvalue weighted by atomic mass is 10.1. The maximum Gasteiger partial charge on any atom is 0.322 e. The predicted molar refractivity (Wildman–Crippen MR) is 93.7 cm³/mol. The first-order valence-corrected chi connectivity index (χ1v) is 8.29.